The Morgan fingerprint density at radius 3 is 2.74 bits per heavy atom. The molecule has 1 aromatic rings. The highest BCUT2D eigenvalue weighted by Gasteiger charge is 2.39. The van der Waals surface area contributed by atoms with Crippen LogP contribution in [0.2, 0.25) is 0 Å². The fraction of sp³-hybridized carbons (Fsp3) is 0.450. The lowest BCUT2D eigenvalue weighted by molar-refractivity contribution is -0.137. The molecule has 0 saturated carbocycles. The predicted molar refractivity (Wildman–Crippen MR) is 95.1 cm³/mol. The number of nitrogens with one attached hydrogen (secondary N) is 1. The maximum absolute atomic E-state index is 13.2. The molecule has 0 spiro atoms. The van der Waals surface area contributed by atoms with Crippen LogP contribution in [0.1, 0.15) is 42.9 Å². The molecule has 3 atom stereocenters. The summed E-state index contributed by atoms with van der Waals surface area (Å²) >= 11 is 0. The fourth-order valence-corrected chi connectivity index (χ4v) is 4.31. The number of halogens is 3. The number of alkyl halides is 3. The molecule has 27 heavy (non-hydrogen) atoms. The summed E-state index contributed by atoms with van der Waals surface area (Å²) in [6, 6.07) is 3.25. The van der Waals surface area contributed by atoms with E-state index >= 15 is 0 Å². The van der Waals surface area contributed by atoms with Crippen molar-refractivity contribution < 1.29 is 23.1 Å². The van der Waals surface area contributed by atoms with Crippen molar-refractivity contribution in [1.29, 1.82) is 0 Å². The molecular formula is C20H21F3N2O2. The molecular weight excluding hydrogens is 357 g/mol. The second-order valence-electron chi connectivity index (χ2n) is 7.40. The van der Waals surface area contributed by atoms with Gasteiger partial charge in [-0.1, -0.05) is 12.2 Å². The van der Waals surface area contributed by atoms with Crippen molar-refractivity contribution in [1.82, 2.24) is 4.90 Å². The predicted octanol–water partition coefficient (Wildman–Crippen LogP) is 4.57. The number of nitrogens with zero attached hydrogens (tertiary/aromatic N) is 1. The van der Waals surface area contributed by atoms with Crippen molar-refractivity contribution >= 4 is 11.6 Å². The van der Waals surface area contributed by atoms with E-state index in [1.54, 1.807) is 17.1 Å². The van der Waals surface area contributed by atoms with Crippen LogP contribution in [0.15, 0.2) is 42.2 Å². The second-order valence-corrected chi connectivity index (χ2v) is 7.40. The smallest absolute Gasteiger partial charge is 0.416 e. The Balaban J connectivity index is 1.70. The van der Waals surface area contributed by atoms with Gasteiger partial charge in [0, 0.05) is 37.0 Å². The summed E-state index contributed by atoms with van der Waals surface area (Å²) in [6.07, 6.45) is 3.18. The molecule has 0 bridgehead atoms. The van der Waals surface area contributed by atoms with Crippen molar-refractivity contribution in [2.75, 3.05) is 11.9 Å². The van der Waals surface area contributed by atoms with Crippen LogP contribution < -0.4 is 5.32 Å². The first-order chi connectivity index (χ1) is 12.8. The van der Waals surface area contributed by atoms with Gasteiger partial charge in [-0.05, 0) is 42.7 Å². The van der Waals surface area contributed by atoms with E-state index in [0.717, 1.165) is 12.5 Å². The lowest BCUT2D eigenvalue weighted by atomic mass is 9.82. The van der Waals surface area contributed by atoms with E-state index in [9.17, 15) is 23.1 Å². The molecule has 4 rings (SSSR count). The minimum atomic E-state index is -4.42. The summed E-state index contributed by atoms with van der Waals surface area (Å²) in [5, 5.41) is 13.2. The number of amides is 1. The van der Waals surface area contributed by atoms with E-state index in [2.05, 4.69) is 5.32 Å². The third-order valence-corrected chi connectivity index (χ3v) is 5.65. The number of carbonyl (C=O) groups excluding carboxylic acids is 1. The summed E-state index contributed by atoms with van der Waals surface area (Å²) < 4.78 is 39.6. The first-order valence-electron chi connectivity index (χ1n) is 9.16. The van der Waals surface area contributed by atoms with E-state index < -0.39 is 11.7 Å². The quantitative estimate of drug-likeness (QED) is 0.793. The molecule has 1 unspecified atom stereocenters. The normalized spacial score (nSPS) is 28.0. The van der Waals surface area contributed by atoms with Crippen LogP contribution in [-0.2, 0) is 11.0 Å². The molecule has 3 aliphatic rings. The van der Waals surface area contributed by atoms with Crippen molar-refractivity contribution in [3.8, 4) is 0 Å². The Hall–Kier alpha value is -2.44. The zero-order valence-electron chi connectivity index (χ0n) is 14.7. The van der Waals surface area contributed by atoms with E-state index in [4.69, 9.17) is 0 Å². The fourth-order valence-electron chi connectivity index (χ4n) is 4.31. The summed E-state index contributed by atoms with van der Waals surface area (Å²) in [5.74, 6) is 0.299. The largest absolute Gasteiger partial charge is 0.512 e. The van der Waals surface area contributed by atoms with Crippen LogP contribution in [0.25, 0.3) is 0 Å². The Kier molecular flexibility index (Phi) is 4.40. The molecule has 2 N–H and O–H groups in total. The van der Waals surface area contributed by atoms with Gasteiger partial charge in [0.1, 0.15) is 0 Å². The highest BCUT2D eigenvalue weighted by Crippen LogP contribution is 2.43. The third kappa shape index (κ3) is 3.42. The Bertz CT molecular complexity index is 816. The zero-order valence-corrected chi connectivity index (χ0v) is 14.7. The number of hydrogen-bond acceptors (Lipinski definition) is 3. The SMILES string of the molecule is O=C1CCCN1[C@H]1C[C@H](C2C=CC=C(O)C2)Nc2ccc(C(F)(F)F)cc21. The summed E-state index contributed by atoms with van der Waals surface area (Å²) in [6.45, 7) is 0.567. The van der Waals surface area contributed by atoms with Gasteiger partial charge in [0.25, 0.3) is 0 Å². The van der Waals surface area contributed by atoms with Crippen LogP contribution in [0.5, 0.6) is 0 Å². The summed E-state index contributed by atoms with van der Waals surface area (Å²) in [4.78, 5) is 14.0. The van der Waals surface area contributed by atoms with Gasteiger partial charge in [0.05, 0.1) is 17.4 Å². The van der Waals surface area contributed by atoms with Gasteiger partial charge >= 0.3 is 6.18 Å². The second kappa shape index (κ2) is 6.62. The monoisotopic (exact) mass is 378 g/mol. The van der Waals surface area contributed by atoms with E-state index in [0.29, 0.717) is 37.1 Å². The van der Waals surface area contributed by atoms with Crippen LogP contribution in [0.3, 0.4) is 0 Å². The van der Waals surface area contributed by atoms with Gasteiger partial charge < -0.3 is 15.3 Å². The maximum atomic E-state index is 13.2. The standard InChI is InChI=1S/C20H21F3N2O2/c21-20(22,23)13-6-7-16-15(10-13)18(25-8-2-5-19(25)27)11-17(24-16)12-3-1-4-14(26)9-12/h1,3-4,6-7,10,12,17-18,24,26H,2,5,8-9,11H2/t12?,17-,18+/m1/s1. The van der Waals surface area contributed by atoms with Gasteiger partial charge in [-0.3, -0.25) is 4.79 Å². The molecule has 2 aliphatic heterocycles. The number of aliphatic hydroxyl groups is 1. The van der Waals surface area contributed by atoms with Gasteiger partial charge in [-0.2, -0.15) is 13.2 Å². The van der Waals surface area contributed by atoms with Crippen LogP contribution in [0, 0.1) is 5.92 Å². The van der Waals surface area contributed by atoms with E-state index in [1.165, 1.54) is 12.1 Å². The Morgan fingerprint density at radius 2 is 2.07 bits per heavy atom. The van der Waals surface area contributed by atoms with Crippen LogP contribution in [-0.4, -0.2) is 28.5 Å². The lowest BCUT2D eigenvalue weighted by Gasteiger charge is -2.41. The van der Waals surface area contributed by atoms with Gasteiger partial charge in [-0.15, -0.1) is 0 Å². The topological polar surface area (TPSA) is 52.6 Å². The number of hydrogen-bond donors (Lipinski definition) is 2. The number of likely N-dealkylation sites (tertiary alicyclic amines) is 1. The first kappa shape index (κ1) is 17.9. The van der Waals surface area contributed by atoms with Crippen molar-refractivity contribution in [3.63, 3.8) is 0 Å². The minimum absolute atomic E-state index is 0.00839. The van der Waals surface area contributed by atoms with Gasteiger partial charge in [-0.25, -0.2) is 0 Å². The Morgan fingerprint density at radius 1 is 1.26 bits per heavy atom. The number of aliphatic hydroxyl groups excluding tert-OH is 1. The molecule has 0 aromatic heterocycles. The third-order valence-electron chi connectivity index (χ3n) is 5.65. The number of fused-ring (bicyclic) bond motifs is 1. The highest BCUT2D eigenvalue weighted by atomic mass is 19.4. The molecule has 4 nitrogen and oxygen atoms in total. The number of carbonyl (C=O) groups is 1. The molecule has 1 saturated heterocycles. The zero-order chi connectivity index (χ0) is 19.2. The number of allylic oxidation sites excluding steroid dienone is 3. The summed E-state index contributed by atoms with van der Waals surface area (Å²) in [5.41, 5.74) is 0.457. The number of rotatable bonds is 2. The van der Waals surface area contributed by atoms with Gasteiger partial charge in [0.2, 0.25) is 5.91 Å². The molecule has 0 radical (unpaired) electrons. The minimum Gasteiger partial charge on any atom is -0.512 e. The lowest BCUT2D eigenvalue weighted by Crippen LogP contribution is -2.41. The Labute approximate surface area is 155 Å². The average Bonchev–Trinajstić information content (AvgIpc) is 3.05. The molecule has 1 aromatic carbocycles. The van der Waals surface area contributed by atoms with Crippen molar-refractivity contribution in [2.24, 2.45) is 5.92 Å². The number of anilines is 1. The van der Waals surface area contributed by atoms with Gasteiger partial charge in [0.15, 0.2) is 0 Å². The molecule has 1 aliphatic carbocycles. The molecule has 7 heteroatoms. The maximum Gasteiger partial charge on any atom is 0.416 e. The molecule has 1 amide bonds. The van der Waals surface area contributed by atoms with Crippen molar-refractivity contribution in [3.05, 3.63) is 53.3 Å². The first-order valence-corrected chi connectivity index (χ1v) is 9.16. The van der Waals surface area contributed by atoms with E-state index in [1.807, 2.05) is 6.08 Å². The average molecular weight is 378 g/mol. The molecule has 2 heterocycles. The highest BCUT2D eigenvalue weighted by molar-refractivity contribution is 5.79. The molecule has 144 valence electrons. The molecule has 1 fully saturated rings. The summed E-state index contributed by atoms with van der Waals surface area (Å²) in [7, 11) is 0. The van der Waals surface area contributed by atoms with Crippen molar-refractivity contribution in [2.45, 2.75) is 43.9 Å². The van der Waals surface area contributed by atoms with Crippen LogP contribution in [0.4, 0.5) is 18.9 Å². The number of benzene rings is 1. The van der Waals surface area contributed by atoms with E-state index in [-0.39, 0.29) is 29.7 Å². The van der Waals surface area contributed by atoms with Crippen LogP contribution >= 0.6 is 0 Å².